The van der Waals surface area contributed by atoms with Gasteiger partial charge in [-0.1, -0.05) is 43.9 Å². The van der Waals surface area contributed by atoms with Crippen molar-refractivity contribution in [3.05, 3.63) is 38.8 Å². The van der Waals surface area contributed by atoms with Crippen LogP contribution in [-0.4, -0.2) is 46.3 Å². The molecule has 1 aromatic rings. The highest BCUT2D eigenvalue weighted by molar-refractivity contribution is 8.26. The molecule has 1 saturated heterocycles. The number of hydrogen-bond acceptors (Lipinski definition) is 8. The summed E-state index contributed by atoms with van der Waals surface area (Å²) >= 11 is 6.19. The smallest absolute Gasteiger partial charge is 0.326 e. The van der Waals surface area contributed by atoms with Crippen LogP contribution in [0.1, 0.15) is 19.4 Å². The molecule has 0 bridgehead atoms. The number of methoxy groups -OCH3 is 1. The average Bonchev–Trinajstić information content (AvgIpc) is 2.87. The molecule has 0 spiro atoms. The van der Waals surface area contributed by atoms with Crippen molar-refractivity contribution in [1.29, 1.82) is 0 Å². The molecule has 0 unspecified atom stereocenters. The van der Waals surface area contributed by atoms with Crippen molar-refractivity contribution in [3.8, 4) is 5.75 Å². The lowest BCUT2D eigenvalue weighted by Gasteiger charge is -2.14. The Bertz CT molecular complexity index is 822. The van der Waals surface area contributed by atoms with Crippen molar-refractivity contribution in [1.82, 2.24) is 4.90 Å². The standard InChI is InChI=1S/C17H18N2O6S2/c1-10(2)9-25-15(20)8-18-16(21)14(27-17(18)26)7-11-4-5-13(24-3)12(6-11)19(22)23/h4-7,10H,8-9H2,1-3H3/b14-7-. The molecule has 1 aliphatic rings. The van der Waals surface area contributed by atoms with Gasteiger partial charge >= 0.3 is 11.7 Å². The highest BCUT2D eigenvalue weighted by atomic mass is 32.2. The third-order valence-corrected chi connectivity index (χ3v) is 4.81. The second kappa shape index (κ2) is 8.96. The molecule has 1 fully saturated rings. The Morgan fingerprint density at radius 3 is 2.74 bits per heavy atom. The number of carbonyl (C=O) groups excluding carboxylic acids is 2. The van der Waals surface area contributed by atoms with Crippen LogP contribution in [0.25, 0.3) is 6.08 Å². The number of thiocarbonyl (C=S) groups is 1. The van der Waals surface area contributed by atoms with Crippen LogP contribution >= 0.6 is 24.0 Å². The number of esters is 1. The van der Waals surface area contributed by atoms with E-state index in [4.69, 9.17) is 21.7 Å². The maximum Gasteiger partial charge on any atom is 0.326 e. The first kappa shape index (κ1) is 20.8. The molecule has 144 valence electrons. The van der Waals surface area contributed by atoms with E-state index in [0.717, 1.165) is 16.7 Å². The average molecular weight is 410 g/mol. The van der Waals surface area contributed by atoms with Gasteiger partial charge in [0.15, 0.2) is 5.75 Å². The Morgan fingerprint density at radius 2 is 2.15 bits per heavy atom. The molecule has 0 atom stereocenters. The molecule has 10 heteroatoms. The van der Waals surface area contributed by atoms with Crippen LogP contribution in [0.15, 0.2) is 23.1 Å². The van der Waals surface area contributed by atoms with E-state index >= 15 is 0 Å². The third-order valence-electron chi connectivity index (χ3n) is 3.44. The Morgan fingerprint density at radius 1 is 1.44 bits per heavy atom. The van der Waals surface area contributed by atoms with Gasteiger partial charge in [0.05, 0.1) is 23.5 Å². The number of carbonyl (C=O) groups is 2. The number of nitro groups is 1. The van der Waals surface area contributed by atoms with Gasteiger partial charge in [-0.3, -0.25) is 24.6 Å². The monoisotopic (exact) mass is 410 g/mol. The van der Waals surface area contributed by atoms with Crippen molar-refractivity contribution in [2.45, 2.75) is 13.8 Å². The van der Waals surface area contributed by atoms with Crippen LogP contribution in [0.5, 0.6) is 5.75 Å². The van der Waals surface area contributed by atoms with E-state index in [1.165, 1.54) is 25.3 Å². The van der Waals surface area contributed by atoms with Gasteiger partial charge in [0.25, 0.3) is 5.91 Å². The van der Waals surface area contributed by atoms with Gasteiger partial charge in [-0.05, 0) is 23.6 Å². The zero-order valence-electron chi connectivity index (χ0n) is 15.0. The summed E-state index contributed by atoms with van der Waals surface area (Å²) in [6.07, 6.45) is 1.49. The largest absolute Gasteiger partial charge is 0.490 e. The van der Waals surface area contributed by atoms with E-state index in [2.05, 4.69) is 0 Å². The van der Waals surface area contributed by atoms with Crippen molar-refractivity contribution < 1.29 is 24.0 Å². The van der Waals surface area contributed by atoms with Crippen molar-refractivity contribution in [3.63, 3.8) is 0 Å². The molecule has 1 amide bonds. The summed E-state index contributed by atoms with van der Waals surface area (Å²) in [6.45, 7) is 3.81. The van der Waals surface area contributed by atoms with Crippen LogP contribution in [0, 0.1) is 16.0 Å². The number of thioether (sulfide) groups is 1. The second-order valence-electron chi connectivity index (χ2n) is 6.03. The maximum atomic E-state index is 12.5. The lowest BCUT2D eigenvalue weighted by Crippen LogP contribution is -2.34. The summed E-state index contributed by atoms with van der Waals surface area (Å²) in [7, 11) is 1.34. The lowest BCUT2D eigenvalue weighted by atomic mass is 10.1. The Balaban J connectivity index is 2.17. The Hall–Kier alpha value is -2.46. The molecule has 1 aliphatic heterocycles. The molecule has 0 saturated carbocycles. The van der Waals surface area contributed by atoms with E-state index in [-0.39, 0.29) is 39.7 Å². The minimum atomic E-state index is -0.563. The van der Waals surface area contributed by atoms with E-state index in [1.807, 2.05) is 13.8 Å². The number of hydrogen-bond donors (Lipinski definition) is 0. The van der Waals surface area contributed by atoms with Crippen LogP contribution in [-0.2, 0) is 14.3 Å². The molecular weight excluding hydrogens is 392 g/mol. The van der Waals surface area contributed by atoms with Gasteiger partial charge in [-0.25, -0.2) is 0 Å². The molecule has 0 aromatic heterocycles. The van der Waals surface area contributed by atoms with Crippen LogP contribution in [0.4, 0.5) is 5.69 Å². The number of nitro benzene ring substituents is 1. The number of amides is 1. The maximum absolute atomic E-state index is 12.5. The van der Waals surface area contributed by atoms with Crippen LogP contribution in [0.3, 0.4) is 0 Å². The van der Waals surface area contributed by atoms with E-state index in [1.54, 1.807) is 6.07 Å². The fraction of sp³-hybridized carbons (Fsp3) is 0.353. The summed E-state index contributed by atoms with van der Waals surface area (Å²) in [4.78, 5) is 36.4. The fourth-order valence-corrected chi connectivity index (χ4v) is 3.42. The van der Waals surface area contributed by atoms with Crippen molar-refractivity contribution in [2.75, 3.05) is 20.3 Å². The van der Waals surface area contributed by atoms with Crippen LogP contribution in [0.2, 0.25) is 0 Å². The quantitative estimate of drug-likeness (QED) is 0.222. The first-order chi connectivity index (χ1) is 12.7. The van der Waals surface area contributed by atoms with E-state index in [9.17, 15) is 19.7 Å². The highest BCUT2D eigenvalue weighted by Crippen LogP contribution is 2.34. The van der Waals surface area contributed by atoms with Gasteiger partial charge in [-0.2, -0.15) is 0 Å². The summed E-state index contributed by atoms with van der Waals surface area (Å²) in [6, 6.07) is 4.35. The minimum Gasteiger partial charge on any atom is -0.490 e. The number of benzene rings is 1. The first-order valence-corrected chi connectivity index (χ1v) is 9.18. The predicted molar refractivity (Wildman–Crippen MR) is 105 cm³/mol. The molecule has 0 N–H and O–H groups in total. The molecule has 2 rings (SSSR count). The summed E-state index contributed by atoms with van der Waals surface area (Å²) in [5.74, 6) is -0.672. The first-order valence-electron chi connectivity index (χ1n) is 7.96. The SMILES string of the molecule is COc1ccc(/C=C2\SC(=S)N(CC(=O)OCC(C)C)C2=O)cc1[N+](=O)[O-]. The van der Waals surface area contributed by atoms with E-state index in [0.29, 0.717) is 5.56 Å². The fourth-order valence-electron chi connectivity index (χ4n) is 2.16. The summed E-state index contributed by atoms with van der Waals surface area (Å²) in [5, 5.41) is 11.1. The Kier molecular flexibility index (Phi) is 6.92. The lowest BCUT2D eigenvalue weighted by molar-refractivity contribution is -0.385. The molecule has 27 heavy (non-hydrogen) atoms. The molecule has 8 nitrogen and oxygen atoms in total. The van der Waals surface area contributed by atoms with Crippen molar-refractivity contribution >= 4 is 51.9 Å². The summed E-state index contributed by atoms with van der Waals surface area (Å²) in [5.41, 5.74) is 0.240. The normalized spacial score (nSPS) is 15.6. The minimum absolute atomic E-state index is 0.123. The third kappa shape index (κ3) is 5.27. The predicted octanol–water partition coefficient (Wildman–Crippen LogP) is 3.00. The topological polar surface area (TPSA) is 99.0 Å². The molecule has 0 aliphatic carbocycles. The molecule has 0 radical (unpaired) electrons. The number of ether oxygens (including phenoxy) is 2. The molecule has 1 aromatic carbocycles. The molecule has 1 heterocycles. The number of rotatable bonds is 7. The van der Waals surface area contributed by atoms with Gasteiger partial charge in [0.1, 0.15) is 10.9 Å². The van der Waals surface area contributed by atoms with E-state index < -0.39 is 16.8 Å². The second-order valence-corrected chi connectivity index (χ2v) is 7.71. The molecular formula is C17H18N2O6S2. The van der Waals surface area contributed by atoms with Crippen molar-refractivity contribution in [2.24, 2.45) is 5.92 Å². The van der Waals surface area contributed by atoms with Gasteiger partial charge < -0.3 is 9.47 Å². The highest BCUT2D eigenvalue weighted by Gasteiger charge is 2.34. The summed E-state index contributed by atoms with van der Waals surface area (Å²) < 4.78 is 10.3. The Labute approximate surface area is 165 Å². The van der Waals surface area contributed by atoms with Crippen LogP contribution < -0.4 is 4.74 Å². The zero-order valence-corrected chi connectivity index (χ0v) is 16.6. The van der Waals surface area contributed by atoms with Gasteiger partial charge in [-0.15, -0.1) is 0 Å². The number of nitrogens with zero attached hydrogens (tertiary/aromatic N) is 2. The van der Waals surface area contributed by atoms with Gasteiger partial charge in [0, 0.05) is 6.07 Å². The zero-order chi connectivity index (χ0) is 20.1. The van der Waals surface area contributed by atoms with Gasteiger partial charge in [0.2, 0.25) is 0 Å².